The van der Waals surface area contributed by atoms with Crippen LogP contribution in [0.4, 0.5) is 0 Å². The third-order valence-electron chi connectivity index (χ3n) is 3.69. The van der Waals surface area contributed by atoms with Crippen molar-refractivity contribution < 1.29 is 0 Å². The second-order valence-electron chi connectivity index (χ2n) is 4.85. The van der Waals surface area contributed by atoms with Crippen molar-refractivity contribution in [3.05, 3.63) is 0 Å². The van der Waals surface area contributed by atoms with Crippen LogP contribution in [0.15, 0.2) is 0 Å². The molecule has 1 heteroatoms. The van der Waals surface area contributed by atoms with Crippen LogP contribution in [-0.2, 0) is 0 Å². The van der Waals surface area contributed by atoms with Gasteiger partial charge in [-0.2, -0.15) is 0 Å². The van der Waals surface area contributed by atoms with Gasteiger partial charge in [-0.15, -0.1) is 11.6 Å². The summed E-state index contributed by atoms with van der Waals surface area (Å²) in [5, 5.41) is 0.482. The molecule has 1 saturated carbocycles. The van der Waals surface area contributed by atoms with Gasteiger partial charge in [-0.05, 0) is 37.5 Å². The quantitative estimate of drug-likeness (QED) is 0.568. The lowest BCUT2D eigenvalue weighted by molar-refractivity contribution is 0.223. The Morgan fingerprint density at radius 2 is 1.50 bits per heavy atom. The van der Waals surface area contributed by atoms with E-state index in [0.717, 1.165) is 11.8 Å². The van der Waals surface area contributed by atoms with Crippen LogP contribution in [0.5, 0.6) is 0 Å². The topological polar surface area (TPSA) is 0 Å². The van der Waals surface area contributed by atoms with Crippen molar-refractivity contribution in [3.8, 4) is 0 Å². The van der Waals surface area contributed by atoms with Gasteiger partial charge >= 0.3 is 0 Å². The first-order valence-corrected chi connectivity index (χ1v) is 6.85. The summed E-state index contributed by atoms with van der Waals surface area (Å²) < 4.78 is 0. The number of rotatable bonds is 5. The van der Waals surface area contributed by atoms with Gasteiger partial charge in [0.15, 0.2) is 0 Å². The van der Waals surface area contributed by atoms with E-state index in [-0.39, 0.29) is 0 Å². The molecule has 0 aromatic carbocycles. The highest BCUT2D eigenvalue weighted by Gasteiger charge is 2.25. The monoisotopic (exact) mass is 216 g/mol. The highest BCUT2D eigenvalue weighted by Crippen LogP contribution is 2.36. The van der Waals surface area contributed by atoms with Gasteiger partial charge in [0.25, 0.3) is 0 Å². The van der Waals surface area contributed by atoms with Crippen molar-refractivity contribution in [3.63, 3.8) is 0 Å². The molecule has 84 valence electrons. The minimum Gasteiger partial charge on any atom is -0.123 e. The maximum absolute atomic E-state index is 6.14. The number of alkyl halides is 1. The molecule has 0 amide bonds. The summed E-state index contributed by atoms with van der Waals surface area (Å²) in [6, 6.07) is 0. The third kappa shape index (κ3) is 3.81. The number of halogens is 1. The summed E-state index contributed by atoms with van der Waals surface area (Å²) in [6.45, 7) is 4.63. The summed E-state index contributed by atoms with van der Waals surface area (Å²) >= 11 is 6.14. The van der Waals surface area contributed by atoms with Crippen LogP contribution >= 0.6 is 11.6 Å². The fourth-order valence-electron chi connectivity index (χ4n) is 2.91. The van der Waals surface area contributed by atoms with Crippen LogP contribution in [-0.4, -0.2) is 5.38 Å². The first kappa shape index (κ1) is 12.4. The fraction of sp³-hybridized carbons (Fsp3) is 1.00. The van der Waals surface area contributed by atoms with Crippen LogP contribution in [0.3, 0.4) is 0 Å². The van der Waals surface area contributed by atoms with Gasteiger partial charge in [-0.1, -0.05) is 39.5 Å². The Bertz CT molecular complexity index is 130. The zero-order valence-corrected chi connectivity index (χ0v) is 10.5. The van der Waals surface area contributed by atoms with Gasteiger partial charge in [0.2, 0.25) is 0 Å². The number of hydrogen-bond donors (Lipinski definition) is 0. The first-order valence-electron chi connectivity index (χ1n) is 6.42. The smallest absolute Gasteiger partial charge is 0.0336 e. The maximum atomic E-state index is 6.14. The molecule has 0 saturated heterocycles. The van der Waals surface area contributed by atoms with Crippen LogP contribution in [0.2, 0.25) is 0 Å². The molecule has 0 aliphatic heterocycles. The van der Waals surface area contributed by atoms with Crippen LogP contribution in [0.1, 0.15) is 65.2 Å². The van der Waals surface area contributed by atoms with E-state index in [0.29, 0.717) is 5.38 Å². The predicted octanol–water partition coefficient (Wildman–Crippen LogP) is 5.00. The average Bonchev–Trinajstić information content (AvgIpc) is 2.19. The van der Waals surface area contributed by atoms with Crippen molar-refractivity contribution in [1.29, 1.82) is 0 Å². The molecule has 1 aliphatic rings. The summed E-state index contributed by atoms with van der Waals surface area (Å²) in [7, 11) is 0. The lowest BCUT2D eigenvalue weighted by Crippen LogP contribution is -2.22. The summed E-state index contributed by atoms with van der Waals surface area (Å²) in [4.78, 5) is 0. The average molecular weight is 217 g/mol. The molecule has 0 unspecified atom stereocenters. The molecule has 0 spiro atoms. The summed E-state index contributed by atoms with van der Waals surface area (Å²) in [6.07, 6.45) is 10.9. The summed E-state index contributed by atoms with van der Waals surface area (Å²) in [5.74, 6) is 1.99. The Morgan fingerprint density at radius 1 is 1.00 bits per heavy atom. The van der Waals surface area contributed by atoms with Gasteiger partial charge in [0.1, 0.15) is 0 Å². The van der Waals surface area contributed by atoms with Crippen LogP contribution < -0.4 is 0 Å². The largest absolute Gasteiger partial charge is 0.123 e. The normalized spacial score (nSPS) is 28.3. The zero-order chi connectivity index (χ0) is 10.4. The van der Waals surface area contributed by atoms with Gasteiger partial charge in [-0.25, -0.2) is 0 Å². The lowest BCUT2D eigenvalue weighted by Gasteiger charge is -2.32. The van der Waals surface area contributed by atoms with E-state index in [1.807, 2.05) is 0 Å². The van der Waals surface area contributed by atoms with Crippen molar-refractivity contribution >= 4 is 11.6 Å². The van der Waals surface area contributed by atoms with E-state index in [1.165, 1.54) is 51.4 Å². The molecule has 0 atom stereocenters. The number of hydrogen-bond acceptors (Lipinski definition) is 0. The molecule has 0 radical (unpaired) electrons. The highest BCUT2D eigenvalue weighted by molar-refractivity contribution is 6.20. The Kier molecular flexibility index (Phi) is 5.93. The van der Waals surface area contributed by atoms with Gasteiger partial charge in [0, 0.05) is 5.38 Å². The van der Waals surface area contributed by atoms with Crippen molar-refractivity contribution in [1.82, 2.24) is 0 Å². The van der Waals surface area contributed by atoms with E-state index < -0.39 is 0 Å². The first-order chi connectivity index (χ1) is 6.77. The third-order valence-corrected chi connectivity index (χ3v) is 4.12. The van der Waals surface area contributed by atoms with Gasteiger partial charge < -0.3 is 0 Å². The van der Waals surface area contributed by atoms with E-state index in [1.54, 1.807) is 0 Å². The van der Waals surface area contributed by atoms with E-state index in [4.69, 9.17) is 11.6 Å². The van der Waals surface area contributed by atoms with E-state index >= 15 is 0 Å². The summed E-state index contributed by atoms with van der Waals surface area (Å²) in [5.41, 5.74) is 0. The second kappa shape index (κ2) is 6.71. The fourth-order valence-corrected chi connectivity index (χ4v) is 3.16. The minimum absolute atomic E-state index is 0.482. The molecule has 1 fully saturated rings. The lowest BCUT2D eigenvalue weighted by atomic mass is 9.76. The maximum Gasteiger partial charge on any atom is 0.0336 e. The van der Waals surface area contributed by atoms with Crippen molar-refractivity contribution in [2.24, 2.45) is 11.8 Å². The van der Waals surface area contributed by atoms with Crippen molar-refractivity contribution in [2.45, 2.75) is 70.6 Å². The molecular formula is C13H25Cl. The molecule has 0 aromatic rings. The Hall–Kier alpha value is 0.290. The standard InChI is InChI=1S/C13H25Cl/c1-3-5-11(6-4-2)12-7-9-13(14)10-8-12/h11-13H,3-10H2,1-2H3. The molecule has 1 rings (SSSR count). The SMILES string of the molecule is CCCC(CCC)C1CCC(Cl)CC1. The predicted molar refractivity (Wildman–Crippen MR) is 64.9 cm³/mol. The minimum atomic E-state index is 0.482. The van der Waals surface area contributed by atoms with Gasteiger partial charge in [-0.3, -0.25) is 0 Å². The van der Waals surface area contributed by atoms with Crippen molar-refractivity contribution in [2.75, 3.05) is 0 Å². The molecule has 0 bridgehead atoms. The van der Waals surface area contributed by atoms with Gasteiger partial charge in [0.05, 0.1) is 0 Å². The Labute approximate surface area is 94.4 Å². The van der Waals surface area contributed by atoms with Crippen LogP contribution in [0, 0.1) is 11.8 Å². The molecular weight excluding hydrogens is 192 g/mol. The Morgan fingerprint density at radius 3 is 1.93 bits per heavy atom. The molecule has 0 N–H and O–H groups in total. The van der Waals surface area contributed by atoms with E-state index in [2.05, 4.69) is 13.8 Å². The molecule has 14 heavy (non-hydrogen) atoms. The van der Waals surface area contributed by atoms with E-state index in [9.17, 15) is 0 Å². The molecule has 0 aromatic heterocycles. The van der Waals surface area contributed by atoms with Crippen LogP contribution in [0.25, 0.3) is 0 Å². The molecule has 1 aliphatic carbocycles. The Balaban J connectivity index is 2.34. The molecule has 0 heterocycles. The highest BCUT2D eigenvalue weighted by atomic mass is 35.5. The second-order valence-corrected chi connectivity index (χ2v) is 5.47. The molecule has 0 nitrogen and oxygen atoms in total. The zero-order valence-electron chi connectivity index (χ0n) is 9.77.